The van der Waals surface area contributed by atoms with Crippen molar-refractivity contribution in [2.45, 2.75) is 19.4 Å². The SMILES string of the molecule is CP(C)(=O)C=C1CCN(C(=O)OCc2ccccc2)CC1. The van der Waals surface area contributed by atoms with Crippen LogP contribution in [-0.2, 0) is 15.9 Å². The predicted molar refractivity (Wildman–Crippen MR) is 85.0 cm³/mol. The van der Waals surface area contributed by atoms with E-state index in [0.717, 1.165) is 18.4 Å². The van der Waals surface area contributed by atoms with Crippen molar-refractivity contribution in [1.29, 1.82) is 0 Å². The highest BCUT2D eigenvalue weighted by Gasteiger charge is 2.21. The van der Waals surface area contributed by atoms with Crippen LogP contribution in [0.4, 0.5) is 4.79 Å². The lowest BCUT2D eigenvalue weighted by atomic mass is 10.1. The summed E-state index contributed by atoms with van der Waals surface area (Å²) in [6.07, 6.45) is 1.30. The smallest absolute Gasteiger partial charge is 0.410 e. The van der Waals surface area contributed by atoms with Crippen molar-refractivity contribution in [3.63, 3.8) is 0 Å². The maximum Gasteiger partial charge on any atom is 0.410 e. The molecule has 0 aliphatic carbocycles. The molecule has 1 aromatic carbocycles. The Labute approximate surface area is 126 Å². The molecule has 1 aliphatic rings. The molecule has 0 bridgehead atoms. The lowest BCUT2D eigenvalue weighted by Gasteiger charge is -2.28. The van der Waals surface area contributed by atoms with Crippen LogP contribution in [-0.4, -0.2) is 37.4 Å². The largest absolute Gasteiger partial charge is 0.445 e. The van der Waals surface area contributed by atoms with Gasteiger partial charge in [0.25, 0.3) is 0 Å². The molecule has 0 spiro atoms. The molecule has 114 valence electrons. The molecule has 5 heteroatoms. The lowest BCUT2D eigenvalue weighted by Crippen LogP contribution is -2.36. The number of hydrogen-bond acceptors (Lipinski definition) is 3. The van der Waals surface area contributed by atoms with E-state index in [4.69, 9.17) is 4.74 Å². The molecule has 0 unspecified atom stereocenters. The summed E-state index contributed by atoms with van der Waals surface area (Å²) in [5.41, 5.74) is 2.18. The van der Waals surface area contributed by atoms with Gasteiger partial charge in [-0.2, -0.15) is 0 Å². The number of hydrogen-bond donors (Lipinski definition) is 0. The van der Waals surface area contributed by atoms with Crippen molar-refractivity contribution in [3.8, 4) is 0 Å². The quantitative estimate of drug-likeness (QED) is 0.795. The first kappa shape index (κ1) is 15.8. The Morgan fingerprint density at radius 3 is 2.43 bits per heavy atom. The molecule has 1 fully saturated rings. The lowest BCUT2D eigenvalue weighted by molar-refractivity contribution is 0.0936. The zero-order valence-corrected chi connectivity index (χ0v) is 13.5. The Bertz CT molecular complexity index is 552. The van der Waals surface area contributed by atoms with Gasteiger partial charge in [0.2, 0.25) is 0 Å². The highest BCUT2D eigenvalue weighted by Crippen LogP contribution is 2.40. The van der Waals surface area contributed by atoms with Crippen LogP contribution in [0.1, 0.15) is 18.4 Å². The second kappa shape index (κ2) is 6.95. The van der Waals surface area contributed by atoms with Gasteiger partial charge in [-0.1, -0.05) is 35.9 Å². The number of likely N-dealkylation sites (tertiary alicyclic amines) is 1. The van der Waals surface area contributed by atoms with Crippen molar-refractivity contribution in [1.82, 2.24) is 4.90 Å². The highest BCUT2D eigenvalue weighted by atomic mass is 31.2. The van der Waals surface area contributed by atoms with Gasteiger partial charge < -0.3 is 14.2 Å². The maximum atomic E-state index is 12.0. The summed E-state index contributed by atoms with van der Waals surface area (Å²) in [5.74, 6) is 1.89. The number of carbonyl (C=O) groups is 1. The fourth-order valence-electron chi connectivity index (χ4n) is 2.36. The second-order valence-corrected chi connectivity index (χ2v) is 8.88. The first-order chi connectivity index (χ1) is 9.94. The molecular formula is C16H22NO3P. The van der Waals surface area contributed by atoms with Gasteiger partial charge >= 0.3 is 6.09 Å². The number of piperidine rings is 1. The summed E-state index contributed by atoms with van der Waals surface area (Å²) in [7, 11) is -2.13. The minimum atomic E-state index is -2.13. The molecule has 1 saturated heterocycles. The van der Waals surface area contributed by atoms with E-state index < -0.39 is 7.14 Å². The van der Waals surface area contributed by atoms with Crippen LogP contribution < -0.4 is 0 Å². The van der Waals surface area contributed by atoms with Crippen molar-refractivity contribution in [2.75, 3.05) is 26.4 Å². The first-order valence-electron chi connectivity index (χ1n) is 7.15. The van der Waals surface area contributed by atoms with Crippen LogP contribution in [0.3, 0.4) is 0 Å². The van der Waals surface area contributed by atoms with Gasteiger partial charge in [-0.3, -0.25) is 0 Å². The molecule has 1 aromatic rings. The summed E-state index contributed by atoms with van der Waals surface area (Å²) < 4.78 is 17.1. The number of amides is 1. The third-order valence-electron chi connectivity index (χ3n) is 3.36. The van der Waals surface area contributed by atoms with Crippen molar-refractivity contribution in [2.24, 2.45) is 0 Å². The van der Waals surface area contributed by atoms with E-state index in [1.54, 1.807) is 18.2 Å². The summed E-state index contributed by atoms with van der Waals surface area (Å²) in [5, 5.41) is 0. The second-order valence-electron chi connectivity index (χ2n) is 5.75. The molecule has 0 aromatic heterocycles. The summed E-state index contributed by atoms with van der Waals surface area (Å²) in [6, 6.07) is 9.66. The van der Waals surface area contributed by atoms with E-state index in [1.165, 1.54) is 5.57 Å². The van der Waals surface area contributed by atoms with Crippen LogP contribution in [0.5, 0.6) is 0 Å². The third kappa shape index (κ3) is 5.39. The Morgan fingerprint density at radius 2 is 1.86 bits per heavy atom. The zero-order chi connectivity index (χ0) is 15.3. The van der Waals surface area contributed by atoms with Gasteiger partial charge in [0.05, 0.1) is 0 Å². The molecule has 0 radical (unpaired) electrons. The minimum absolute atomic E-state index is 0.269. The van der Waals surface area contributed by atoms with Crippen molar-refractivity contribution in [3.05, 3.63) is 47.3 Å². The van der Waals surface area contributed by atoms with E-state index in [-0.39, 0.29) is 6.09 Å². The van der Waals surface area contributed by atoms with Gasteiger partial charge in [0, 0.05) is 13.1 Å². The van der Waals surface area contributed by atoms with Crippen LogP contribution in [0.2, 0.25) is 0 Å². The Morgan fingerprint density at radius 1 is 1.24 bits per heavy atom. The number of rotatable bonds is 3. The topological polar surface area (TPSA) is 46.6 Å². The molecule has 2 rings (SSSR count). The van der Waals surface area contributed by atoms with E-state index in [0.29, 0.717) is 19.7 Å². The van der Waals surface area contributed by atoms with Gasteiger partial charge in [-0.25, -0.2) is 4.79 Å². The molecule has 21 heavy (non-hydrogen) atoms. The molecule has 4 nitrogen and oxygen atoms in total. The zero-order valence-electron chi connectivity index (χ0n) is 12.6. The maximum absolute atomic E-state index is 12.0. The van der Waals surface area contributed by atoms with Gasteiger partial charge in [0.1, 0.15) is 13.7 Å². The molecular weight excluding hydrogens is 285 g/mol. The van der Waals surface area contributed by atoms with Crippen molar-refractivity contribution < 1.29 is 14.1 Å². The summed E-state index contributed by atoms with van der Waals surface area (Å²) in [4.78, 5) is 13.7. The van der Waals surface area contributed by atoms with E-state index in [2.05, 4.69) is 0 Å². The van der Waals surface area contributed by atoms with Crippen LogP contribution in [0.15, 0.2) is 41.7 Å². The monoisotopic (exact) mass is 307 g/mol. The average Bonchev–Trinajstić information content (AvgIpc) is 2.45. The van der Waals surface area contributed by atoms with Crippen LogP contribution in [0.25, 0.3) is 0 Å². The number of nitrogens with zero attached hydrogens (tertiary/aromatic N) is 1. The fourth-order valence-corrected chi connectivity index (χ4v) is 3.49. The number of carbonyl (C=O) groups excluding carboxylic acids is 1. The van der Waals surface area contributed by atoms with Gasteiger partial charge in [-0.15, -0.1) is 0 Å². The molecule has 0 atom stereocenters. The third-order valence-corrected chi connectivity index (χ3v) is 4.35. The number of benzene rings is 1. The molecule has 1 amide bonds. The van der Waals surface area contributed by atoms with Crippen LogP contribution in [0, 0.1) is 0 Å². The Kier molecular flexibility index (Phi) is 5.24. The standard InChI is InChI=1S/C16H22NO3P/c1-21(2,19)13-15-8-10-17(11-9-15)16(18)20-12-14-6-4-3-5-7-14/h3-7,13H,8-12H2,1-2H3. The first-order valence-corrected chi connectivity index (χ1v) is 9.82. The number of ether oxygens (including phenoxy) is 1. The highest BCUT2D eigenvalue weighted by molar-refractivity contribution is 7.65. The summed E-state index contributed by atoms with van der Waals surface area (Å²) >= 11 is 0. The molecule has 1 aliphatic heterocycles. The molecule has 0 N–H and O–H groups in total. The van der Waals surface area contributed by atoms with E-state index in [1.807, 2.05) is 36.1 Å². The van der Waals surface area contributed by atoms with Gasteiger partial charge in [-0.05, 0) is 37.6 Å². The Hall–Kier alpha value is -1.54. The Balaban J connectivity index is 1.81. The average molecular weight is 307 g/mol. The van der Waals surface area contributed by atoms with Crippen LogP contribution >= 0.6 is 7.14 Å². The molecule has 1 heterocycles. The van der Waals surface area contributed by atoms with Gasteiger partial charge in [0.15, 0.2) is 0 Å². The van der Waals surface area contributed by atoms with E-state index in [9.17, 15) is 9.36 Å². The fraction of sp³-hybridized carbons (Fsp3) is 0.438. The minimum Gasteiger partial charge on any atom is -0.445 e. The van der Waals surface area contributed by atoms with Crippen molar-refractivity contribution >= 4 is 13.2 Å². The summed E-state index contributed by atoms with van der Waals surface area (Å²) in [6.45, 7) is 5.11. The normalized spacial score (nSPS) is 15.7. The predicted octanol–water partition coefficient (Wildman–Crippen LogP) is 3.93. The van der Waals surface area contributed by atoms with E-state index >= 15 is 0 Å². The molecule has 0 saturated carbocycles.